The van der Waals surface area contributed by atoms with Crippen LogP contribution in [-0.4, -0.2) is 37.2 Å². The molecule has 0 saturated heterocycles. The molecule has 0 aromatic rings. The first-order chi connectivity index (χ1) is 24.4. The maximum atomic E-state index is 12.6. The van der Waals surface area contributed by atoms with Crippen LogP contribution in [0.3, 0.4) is 0 Å². The van der Waals surface area contributed by atoms with Crippen molar-refractivity contribution in [2.75, 3.05) is 13.2 Å². The van der Waals surface area contributed by atoms with Gasteiger partial charge in [0.2, 0.25) is 0 Å². The maximum absolute atomic E-state index is 12.6. The van der Waals surface area contributed by atoms with Crippen molar-refractivity contribution in [3.8, 4) is 0 Å². The topological polar surface area (TPSA) is 78.9 Å². The van der Waals surface area contributed by atoms with Crippen molar-refractivity contribution >= 4 is 17.9 Å². The van der Waals surface area contributed by atoms with Crippen molar-refractivity contribution in [1.82, 2.24) is 0 Å². The minimum absolute atomic E-state index is 0.0646. The summed E-state index contributed by atoms with van der Waals surface area (Å²) >= 11 is 0. The van der Waals surface area contributed by atoms with Gasteiger partial charge in [0.25, 0.3) is 0 Å². The summed E-state index contributed by atoms with van der Waals surface area (Å²) in [6, 6.07) is 0. The van der Waals surface area contributed by atoms with E-state index in [1.807, 2.05) is 0 Å². The van der Waals surface area contributed by atoms with Crippen LogP contribution in [0.1, 0.15) is 240 Å². The van der Waals surface area contributed by atoms with Crippen molar-refractivity contribution in [2.45, 2.75) is 246 Å². The molecule has 6 nitrogen and oxygen atoms in total. The highest BCUT2D eigenvalue weighted by atomic mass is 16.6. The highest BCUT2D eigenvalue weighted by molar-refractivity contribution is 5.71. The fourth-order valence-electron chi connectivity index (χ4n) is 6.45. The van der Waals surface area contributed by atoms with Crippen LogP contribution in [0.2, 0.25) is 0 Å². The molecule has 0 aromatic carbocycles. The van der Waals surface area contributed by atoms with E-state index in [-0.39, 0.29) is 31.1 Å². The van der Waals surface area contributed by atoms with Gasteiger partial charge in [-0.05, 0) is 25.2 Å². The number of unbranched alkanes of at least 4 members (excludes halogenated alkanes) is 26. The lowest BCUT2D eigenvalue weighted by molar-refractivity contribution is -0.167. The lowest BCUT2D eigenvalue weighted by atomic mass is 10.0. The first kappa shape index (κ1) is 48.4. The van der Waals surface area contributed by atoms with Gasteiger partial charge in [0.15, 0.2) is 6.10 Å². The molecule has 0 aromatic heterocycles. The van der Waals surface area contributed by atoms with Crippen molar-refractivity contribution in [1.29, 1.82) is 0 Å². The van der Waals surface area contributed by atoms with E-state index in [9.17, 15) is 14.4 Å². The molecule has 0 bridgehead atoms. The SMILES string of the molecule is CCCCCCCCCCCCCC(=O)OC[C@@H](COC(=O)CCCCCCCCCCCCCC(C)C)OC(=O)CCCCCCCCC. The Balaban J connectivity index is 4.24. The average molecular weight is 709 g/mol. The van der Waals surface area contributed by atoms with Crippen molar-refractivity contribution in [3.05, 3.63) is 0 Å². The largest absolute Gasteiger partial charge is 0.462 e. The molecule has 50 heavy (non-hydrogen) atoms. The van der Waals surface area contributed by atoms with Crippen LogP contribution in [0.4, 0.5) is 0 Å². The molecule has 0 unspecified atom stereocenters. The fraction of sp³-hybridized carbons (Fsp3) is 0.932. The number of hydrogen-bond donors (Lipinski definition) is 0. The summed E-state index contributed by atoms with van der Waals surface area (Å²) in [5.74, 6) is -0.0370. The zero-order valence-corrected chi connectivity index (χ0v) is 33.9. The fourth-order valence-corrected chi connectivity index (χ4v) is 6.45. The third-order valence-electron chi connectivity index (χ3n) is 9.79. The van der Waals surface area contributed by atoms with Crippen molar-refractivity contribution in [2.24, 2.45) is 5.92 Å². The Kier molecular flexibility index (Phi) is 37.4. The third kappa shape index (κ3) is 37.7. The van der Waals surface area contributed by atoms with Crippen LogP contribution in [0, 0.1) is 5.92 Å². The lowest BCUT2D eigenvalue weighted by Gasteiger charge is -2.18. The zero-order chi connectivity index (χ0) is 36.8. The highest BCUT2D eigenvalue weighted by Gasteiger charge is 2.19. The number of carbonyl (C=O) groups excluding carboxylic acids is 3. The van der Waals surface area contributed by atoms with Crippen LogP contribution in [0.5, 0.6) is 0 Å². The van der Waals surface area contributed by atoms with Gasteiger partial charge in [0, 0.05) is 19.3 Å². The summed E-state index contributed by atoms with van der Waals surface area (Å²) in [7, 11) is 0. The molecule has 0 aliphatic carbocycles. The minimum Gasteiger partial charge on any atom is -0.462 e. The summed E-state index contributed by atoms with van der Waals surface area (Å²) in [6.45, 7) is 8.94. The predicted octanol–water partition coefficient (Wildman–Crippen LogP) is 13.6. The van der Waals surface area contributed by atoms with Crippen LogP contribution in [0.15, 0.2) is 0 Å². The number of rotatable bonds is 39. The van der Waals surface area contributed by atoms with Gasteiger partial charge >= 0.3 is 17.9 Å². The summed E-state index contributed by atoms with van der Waals surface area (Å²) < 4.78 is 16.6. The summed E-state index contributed by atoms with van der Waals surface area (Å²) in [4.78, 5) is 37.5. The molecular weight excluding hydrogens is 624 g/mol. The Hall–Kier alpha value is -1.59. The standard InChI is InChI=1S/C44H84O6/c1-5-7-9-11-13-14-16-20-24-27-31-35-42(45)48-38-41(50-44(47)37-33-29-22-12-10-8-6-2)39-49-43(46)36-32-28-25-21-18-15-17-19-23-26-30-34-40(3)4/h40-41H,5-39H2,1-4H3/t41-/m0/s1. The molecule has 0 amide bonds. The van der Waals surface area contributed by atoms with E-state index >= 15 is 0 Å². The van der Waals surface area contributed by atoms with Gasteiger partial charge in [0.1, 0.15) is 13.2 Å². The zero-order valence-electron chi connectivity index (χ0n) is 33.9. The van der Waals surface area contributed by atoms with Crippen LogP contribution in [0.25, 0.3) is 0 Å². The number of ether oxygens (including phenoxy) is 3. The molecule has 0 radical (unpaired) electrons. The Morgan fingerprint density at radius 2 is 0.660 bits per heavy atom. The molecule has 0 N–H and O–H groups in total. The van der Waals surface area contributed by atoms with E-state index in [1.165, 1.54) is 135 Å². The molecule has 296 valence electrons. The van der Waals surface area contributed by atoms with Crippen LogP contribution < -0.4 is 0 Å². The Bertz CT molecular complexity index is 751. The van der Waals surface area contributed by atoms with Crippen LogP contribution in [-0.2, 0) is 28.6 Å². The van der Waals surface area contributed by atoms with Gasteiger partial charge in [-0.25, -0.2) is 0 Å². The highest BCUT2D eigenvalue weighted by Crippen LogP contribution is 2.16. The molecule has 0 aliphatic rings. The predicted molar refractivity (Wildman–Crippen MR) is 210 cm³/mol. The number of hydrogen-bond acceptors (Lipinski definition) is 6. The van der Waals surface area contributed by atoms with E-state index in [1.54, 1.807) is 0 Å². The second-order valence-corrected chi connectivity index (χ2v) is 15.5. The number of esters is 3. The van der Waals surface area contributed by atoms with Crippen molar-refractivity contribution < 1.29 is 28.6 Å². The van der Waals surface area contributed by atoms with Gasteiger partial charge in [-0.3, -0.25) is 14.4 Å². The lowest BCUT2D eigenvalue weighted by Crippen LogP contribution is -2.30. The Morgan fingerprint density at radius 3 is 0.980 bits per heavy atom. The Labute approximate surface area is 310 Å². The molecule has 6 heteroatoms. The van der Waals surface area contributed by atoms with E-state index in [4.69, 9.17) is 14.2 Å². The Morgan fingerprint density at radius 1 is 0.380 bits per heavy atom. The molecular formula is C44H84O6. The molecule has 0 rings (SSSR count). The van der Waals surface area contributed by atoms with Gasteiger partial charge in [-0.1, -0.05) is 201 Å². The normalized spacial score (nSPS) is 11.9. The first-order valence-corrected chi connectivity index (χ1v) is 21.9. The molecule has 1 atom stereocenters. The van der Waals surface area contributed by atoms with Crippen LogP contribution >= 0.6 is 0 Å². The van der Waals surface area contributed by atoms with Gasteiger partial charge < -0.3 is 14.2 Å². The monoisotopic (exact) mass is 709 g/mol. The van der Waals surface area contributed by atoms with E-state index in [2.05, 4.69) is 27.7 Å². The molecule has 0 saturated carbocycles. The smallest absolute Gasteiger partial charge is 0.306 e. The van der Waals surface area contributed by atoms with Gasteiger partial charge in [0.05, 0.1) is 0 Å². The first-order valence-electron chi connectivity index (χ1n) is 21.9. The molecule has 0 spiro atoms. The molecule has 0 aliphatic heterocycles. The van der Waals surface area contributed by atoms with Crippen molar-refractivity contribution in [3.63, 3.8) is 0 Å². The summed E-state index contributed by atoms with van der Waals surface area (Å²) in [6.07, 6.45) is 36.7. The van der Waals surface area contributed by atoms with Gasteiger partial charge in [-0.15, -0.1) is 0 Å². The quantitative estimate of drug-likeness (QED) is 0.0359. The van der Waals surface area contributed by atoms with E-state index in [0.29, 0.717) is 19.3 Å². The summed E-state index contributed by atoms with van der Waals surface area (Å²) in [5, 5.41) is 0. The maximum Gasteiger partial charge on any atom is 0.306 e. The summed E-state index contributed by atoms with van der Waals surface area (Å²) in [5.41, 5.74) is 0. The van der Waals surface area contributed by atoms with E-state index in [0.717, 1.165) is 63.7 Å². The minimum atomic E-state index is -0.757. The van der Waals surface area contributed by atoms with Gasteiger partial charge in [-0.2, -0.15) is 0 Å². The van der Waals surface area contributed by atoms with E-state index < -0.39 is 6.10 Å². The molecule has 0 heterocycles. The number of carbonyl (C=O) groups is 3. The third-order valence-corrected chi connectivity index (χ3v) is 9.79. The second kappa shape index (κ2) is 38.6. The molecule has 0 fully saturated rings. The average Bonchev–Trinajstić information content (AvgIpc) is 3.09. The second-order valence-electron chi connectivity index (χ2n) is 15.5.